The number of nitrogens with one attached hydrogen (secondary N) is 1. The molecule has 0 radical (unpaired) electrons. The van der Waals surface area contributed by atoms with Crippen LogP contribution in [-0.4, -0.2) is 11.0 Å². The fourth-order valence-corrected chi connectivity index (χ4v) is 5.78. The summed E-state index contributed by atoms with van der Waals surface area (Å²) >= 11 is 0. The highest BCUT2D eigenvalue weighted by atomic mass is 15.0. The number of anilines is 2. The van der Waals surface area contributed by atoms with E-state index in [-0.39, 0.29) is 0 Å². The first-order valence-corrected chi connectivity index (χ1v) is 8.53. The molecule has 1 atom stereocenters. The lowest BCUT2D eigenvalue weighted by molar-refractivity contribution is -0.0602. The van der Waals surface area contributed by atoms with Crippen molar-refractivity contribution in [3.8, 4) is 0 Å². The number of hydrogen-bond acceptors (Lipinski definition) is 3. The predicted octanol–water partition coefficient (Wildman–Crippen LogP) is 3.99. The van der Waals surface area contributed by atoms with Crippen molar-refractivity contribution in [2.24, 2.45) is 23.2 Å². The predicted molar refractivity (Wildman–Crippen MR) is 87.1 cm³/mol. The molecule has 1 aromatic rings. The number of rotatable bonds is 3. The van der Waals surface area contributed by atoms with Crippen molar-refractivity contribution in [1.82, 2.24) is 4.98 Å². The van der Waals surface area contributed by atoms with Crippen molar-refractivity contribution in [3.63, 3.8) is 0 Å². The molecule has 1 heterocycles. The van der Waals surface area contributed by atoms with Gasteiger partial charge in [-0.1, -0.05) is 0 Å². The van der Waals surface area contributed by atoms with Crippen molar-refractivity contribution >= 4 is 11.5 Å². The van der Waals surface area contributed by atoms with Gasteiger partial charge >= 0.3 is 0 Å². The lowest BCUT2D eigenvalue weighted by Crippen LogP contribution is -2.53. The van der Waals surface area contributed by atoms with Gasteiger partial charge in [0, 0.05) is 12.2 Å². The number of nitrogen functional groups attached to an aromatic ring is 1. The lowest BCUT2D eigenvalue weighted by Gasteiger charge is -2.59. The molecular weight excluding hydrogens is 258 g/mol. The van der Waals surface area contributed by atoms with Gasteiger partial charge in [0.2, 0.25) is 0 Å². The van der Waals surface area contributed by atoms with Gasteiger partial charge in [-0.3, -0.25) is 0 Å². The summed E-state index contributed by atoms with van der Waals surface area (Å²) in [6, 6.07) is 2.49. The van der Waals surface area contributed by atoms with Crippen LogP contribution in [0.3, 0.4) is 0 Å². The number of nitrogens with two attached hydrogens (primary N) is 1. The lowest BCUT2D eigenvalue weighted by atomic mass is 9.48. The Morgan fingerprint density at radius 1 is 1.19 bits per heavy atom. The maximum absolute atomic E-state index is 6.14. The van der Waals surface area contributed by atoms with Crippen LogP contribution in [0.4, 0.5) is 11.5 Å². The second-order valence-corrected chi connectivity index (χ2v) is 8.10. The quantitative estimate of drug-likeness (QED) is 0.883. The van der Waals surface area contributed by atoms with Crippen LogP contribution < -0.4 is 11.1 Å². The molecule has 4 bridgehead atoms. The van der Waals surface area contributed by atoms with Gasteiger partial charge < -0.3 is 11.1 Å². The van der Waals surface area contributed by atoms with Gasteiger partial charge in [0.25, 0.3) is 0 Å². The largest absolute Gasteiger partial charge is 0.396 e. The molecule has 1 unspecified atom stereocenters. The zero-order valence-corrected chi connectivity index (χ0v) is 13.2. The number of aromatic nitrogens is 1. The topological polar surface area (TPSA) is 50.9 Å². The minimum absolute atomic E-state index is 0.475. The van der Waals surface area contributed by atoms with Gasteiger partial charge in [-0.05, 0) is 87.2 Å². The third-order valence-corrected chi connectivity index (χ3v) is 6.41. The molecule has 0 aromatic carbocycles. The highest BCUT2D eigenvalue weighted by Gasteiger charge is 2.53. The second kappa shape index (κ2) is 4.62. The molecule has 5 rings (SSSR count). The third kappa shape index (κ3) is 2.21. The van der Waals surface area contributed by atoms with Crippen LogP contribution in [0.5, 0.6) is 0 Å². The molecule has 4 aliphatic rings. The smallest absolute Gasteiger partial charge is 0.149 e. The second-order valence-electron chi connectivity index (χ2n) is 8.10. The Kier molecular flexibility index (Phi) is 2.95. The number of pyridine rings is 1. The fourth-order valence-electron chi connectivity index (χ4n) is 5.78. The maximum Gasteiger partial charge on any atom is 0.149 e. The van der Waals surface area contributed by atoms with Crippen LogP contribution in [0, 0.1) is 30.1 Å². The normalized spacial score (nSPS) is 38.5. The van der Waals surface area contributed by atoms with E-state index in [9.17, 15) is 0 Å². The molecule has 0 spiro atoms. The summed E-state index contributed by atoms with van der Waals surface area (Å²) < 4.78 is 0. The minimum atomic E-state index is 0.475. The molecule has 3 N–H and O–H groups in total. The van der Waals surface area contributed by atoms with Crippen molar-refractivity contribution in [3.05, 3.63) is 17.8 Å². The van der Waals surface area contributed by atoms with Gasteiger partial charge in [0.15, 0.2) is 0 Å². The van der Waals surface area contributed by atoms with Crippen LogP contribution in [-0.2, 0) is 0 Å². The molecule has 4 fully saturated rings. The average molecular weight is 285 g/mol. The third-order valence-electron chi connectivity index (χ3n) is 6.41. The molecule has 114 valence electrons. The Labute approximate surface area is 127 Å². The minimum Gasteiger partial charge on any atom is -0.396 e. The monoisotopic (exact) mass is 285 g/mol. The highest BCUT2D eigenvalue weighted by molar-refractivity contribution is 5.62. The van der Waals surface area contributed by atoms with Gasteiger partial charge in [-0.25, -0.2) is 4.98 Å². The van der Waals surface area contributed by atoms with Crippen molar-refractivity contribution < 1.29 is 0 Å². The van der Waals surface area contributed by atoms with Crippen molar-refractivity contribution in [1.29, 1.82) is 0 Å². The molecule has 0 amide bonds. The van der Waals surface area contributed by atoms with Crippen molar-refractivity contribution in [2.75, 3.05) is 11.1 Å². The zero-order valence-electron chi connectivity index (χ0n) is 13.2. The van der Waals surface area contributed by atoms with E-state index in [1.807, 2.05) is 19.2 Å². The molecule has 21 heavy (non-hydrogen) atoms. The summed E-state index contributed by atoms with van der Waals surface area (Å²) in [5, 5.41) is 3.66. The van der Waals surface area contributed by atoms with Gasteiger partial charge in [-0.2, -0.15) is 0 Å². The molecule has 3 nitrogen and oxygen atoms in total. The van der Waals surface area contributed by atoms with Crippen LogP contribution in [0.2, 0.25) is 0 Å². The standard InChI is InChI=1S/C18H27N3/c1-11-3-16(19)17(20-10-11)21-12(2)18-7-13-4-14(8-18)6-15(5-13)9-18/h3,10,12-15H,4-9,19H2,1-2H3,(H,20,21). The first-order valence-electron chi connectivity index (χ1n) is 8.53. The van der Waals surface area contributed by atoms with Crippen LogP contribution in [0.15, 0.2) is 12.3 Å². The molecule has 0 aliphatic heterocycles. The van der Waals surface area contributed by atoms with E-state index in [1.54, 1.807) is 0 Å². The van der Waals surface area contributed by atoms with Crippen LogP contribution in [0.25, 0.3) is 0 Å². The SMILES string of the molecule is Cc1cnc(NC(C)C23CC4CC(CC(C4)C2)C3)c(N)c1. The van der Waals surface area contributed by atoms with E-state index in [2.05, 4.69) is 17.2 Å². The summed E-state index contributed by atoms with van der Waals surface area (Å²) in [6.45, 7) is 4.39. The first-order chi connectivity index (χ1) is 10.0. The van der Waals surface area contributed by atoms with Crippen LogP contribution in [0.1, 0.15) is 51.0 Å². The Hall–Kier alpha value is -1.25. The number of nitrogens with zero attached hydrogens (tertiary/aromatic N) is 1. The van der Waals surface area contributed by atoms with E-state index >= 15 is 0 Å². The Morgan fingerprint density at radius 3 is 2.29 bits per heavy atom. The molecule has 4 aliphatic carbocycles. The molecule has 1 aromatic heterocycles. The summed E-state index contributed by atoms with van der Waals surface area (Å²) in [4.78, 5) is 4.51. The summed E-state index contributed by atoms with van der Waals surface area (Å²) in [6.07, 6.45) is 10.6. The van der Waals surface area contributed by atoms with E-state index in [0.717, 1.165) is 34.8 Å². The van der Waals surface area contributed by atoms with Crippen molar-refractivity contribution in [2.45, 2.75) is 58.4 Å². The Bertz CT molecular complexity index is 516. The maximum atomic E-state index is 6.14. The molecule has 3 heteroatoms. The van der Waals surface area contributed by atoms with E-state index in [1.165, 1.54) is 38.5 Å². The Morgan fingerprint density at radius 2 is 1.76 bits per heavy atom. The summed E-state index contributed by atoms with van der Waals surface area (Å²) in [5.74, 6) is 3.85. The summed E-state index contributed by atoms with van der Waals surface area (Å²) in [5.41, 5.74) is 8.54. The fraction of sp³-hybridized carbons (Fsp3) is 0.722. The zero-order chi connectivity index (χ0) is 14.6. The number of aryl methyl sites for hydroxylation is 1. The molecule has 4 saturated carbocycles. The van der Waals surface area contributed by atoms with Gasteiger partial charge in [0.05, 0.1) is 5.69 Å². The Balaban J connectivity index is 1.56. The number of hydrogen-bond donors (Lipinski definition) is 2. The van der Waals surface area contributed by atoms with E-state index in [0.29, 0.717) is 11.5 Å². The van der Waals surface area contributed by atoms with Crippen LogP contribution >= 0.6 is 0 Å². The van der Waals surface area contributed by atoms with Gasteiger partial charge in [-0.15, -0.1) is 0 Å². The highest BCUT2D eigenvalue weighted by Crippen LogP contribution is 2.61. The van der Waals surface area contributed by atoms with E-state index in [4.69, 9.17) is 5.73 Å². The molecule has 0 saturated heterocycles. The van der Waals surface area contributed by atoms with E-state index < -0.39 is 0 Å². The summed E-state index contributed by atoms with van der Waals surface area (Å²) in [7, 11) is 0. The molecular formula is C18H27N3. The van der Waals surface area contributed by atoms with Gasteiger partial charge in [0.1, 0.15) is 5.82 Å². The average Bonchev–Trinajstić information content (AvgIpc) is 2.40. The first kappa shape index (κ1) is 13.4.